The number of nitrogens with zero attached hydrogens (tertiary/aromatic N) is 3. The molecule has 1 aromatic heterocycles. The third kappa shape index (κ3) is 3.72. The Morgan fingerprint density at radius 3 is 2.52 bits per heavy atom. The van der Waals surface area contributed by atoms with E-state index in [0.29, 0.717) is 13.0 Å². The van der Waals surface area contributed by atoms with Crippen LogP contribution in [0.4, 0.5) is 0 Å². The second kappa shape index (κ2) is 6.70. The van der Waals surface area contributed by atoms with Gasteiger partial charge in [0.25, 0.3) is 0 Å². The predicted molar refractivity (Wildman–Crippen MR) is 87.8 cm³/mol. The normalized spacial score (nSPS) is 21.1. The van der Waals surface area contributed by atoms with Gasteiger partial charge in [0.15, 0.2) is 0 Å². The minimum atomic E-state index is -0.488. The number of aromatic nitrogens is 2. The summed E-state index contributed by atoms with van der Waals surface area (Å²) in [6, 6.07) is -0.614. The van der Waals surface area contributed by atoms with Crippen LogP contribution in [0.25, 0.3) is 0 Å². The highest BCUT2D eigenvalue weighted by Gasteiger charge is 2.38. The summed E-state index contributed by atoms with van der Waals surface area (Å²) in [6.45, 7) is 10.2. The van der Waals surface area contributed by atoms with Gasteiger partial charge < -0.3 is 16.0 Å². The van der Waals surface area contributed by atoms with Crippen LogP contribution in [0, 0.1) is 20.8 Å². The van der Waals surface area contributed by atoms with E-state index in [1.54, 1.807) is 9.58 Å². The topological polar surface area (TPSA) is 93.2 Å². The first-order chi connectivity index (χ1) is 10.7. The average molecular weight is 321 g/mol. The van der Waals surface area contributed by atoms with E-state index in [-0.39, 0.29) is 30.4 Å². The van der Waals surface area contributed by atoms with Crippen molar-refractivity contribution in [3.8, 4) is 0 Å². The minimum Gasteiger partial charge on any atom is -0.352 e. The van der Waals surface area contributed by atoms with Crippen molar-refractivity contribution < 1.29 is 9.59 Å². The van der Waals surface area contributed by atoms with Gasteiger partial charge in [0.2, 0.25) is 11.8 Å². The molecule has 2 atom stereocenters. The molecule has 23 heavy (non-hydrogen) atoms. The summed E-state index contributed by atoms with van der Waals surface area (Å²) in [7, 11) is 0. The lowest BCUT2D eigenvalue weighted by atomic mass is 10.1. The highest BCUT2D eigenvalue weighted by molar-refractivity contribution is 5.88. The smallest absolute Gasteiger partial charge is 0.245 e. The van der Waals surface area contributed by atoms with Crippen molar-refractivity contribution in [2.24, 2.45) is 5.73 Å². The van der Waals surface area contributed by atoms with Crippen molar-refractivity contribution in [3.05, 3.63) is 17.0 Å². The number of aryl methyl sites for hydroxylation is 1. The molecule has 1 aromatic rings. The lowest BCUT2D eigenvalue weighted by Gasteiger charge is -2.25. The summed E-state index contributed by atoms with van der Waals surface area (Å²) in [5.74, 6) is -0.252. The van der Waals surface area contributed by atoms with Gasteiger partial charge in [-0.05, 0) is 46.6 Å². The van der Waals surface area contributed by atoms with Gasteiger partial charge in [-0.1, -0.05) is 0 Å². The number of likely N-dealkylation sites (tertiary alicyclic amines) is 1. The SMILES string of the molecule is Cc1nn(CC(=O)N2C[C@H](N)C[C@H]2C(=O)NC(C)C)c(C)c1C. The largest absolute Gasteiger partial charge is 0.352 e. The zero-order chi connectivity index (χ0) is 17.3. The first-order valence-corrected chi connectivity index (χ1v) is 8.06. The molecule has 0 bridgehead atoms. The van der Waals surface area contributed by atoms with E-state index in [9.17, 15) is 9.59 Å². The van der Waals surface area contributed by atoms with Gasteiger partial charge in [0.05, 0.1) is 5.69 Å². The fourth-order valence-electron chi connectivity index (χ4n) is 2.93. The highest BCUT2D eigenvalue weighted by atomic mass is 16.2. The molecule has 128 valence electrons. The van der Waals surface area contributed by atoms with Gasteiger partial charge in [-0.25, -0.2) is 0 Å². The molecule has 7 heteroatoms. The molecule has 1 fully saturated rings. The molecule has 1 saturated heterocycles. The van der Waals surface area contributed by atoms with Crippen LogP contribution in [0.15, 0.2) is 0 Å². The minimum absolute atomic E-state index is 0.0370. The van der Waals surface area contributed by atoms with E-state index in [1.807, 2.05) is 34.6 Å². The average Bonchev–Trinajstić information content (AvgIpc) is 2.95. The number of nitrogens with one attached hydrogen (secondary N) is 1. The summed E-state index contributed by atoms with van der Waals surface area (Å²) >= 11 is 0. The summed E-state index contributed by atoms with van der Waals surface area (Å²) < 4.78 is 1.70. The van der Waals surface area contributed by atoms with Crippen LogP contribution >= 0.6 is 0 Å². The fraction of sp³-hybridized carbons (Fsp3) is 0.688. The zero-order valence-corrected chi connectivity index (χ0v) is 14.6. The summed E-state index contributed by atoms with van der Waals surface area (Å²) in [5, 5.41) is 7.26. The molecule has 3 N–H and O–H groups in total. The van der Waals surface area contributed by atoms with E-state index in [0.717, 1.165) is 17.0 Å². The maximum Gasteiger partial charge on any atom is 0.245 e. The Labute approximate surface area is 137 Å². The molecule has 0 aliphatic carbocycles. The highest BCUT2D eigenvalue weighted by Crippen LogP contribution is 2.19. The molecule has 0 spiro atoms. The van der Waals surface area contributed by atoms with E-state index in [1.165, 1.54) is 0 Å². The molecule has 2 heterocycles. The number of carbonyl (C=O) groups excluding carboxylic acids is 2. The molecule has 0 unspecified atom stereocenters. The van der Waals surface area contributed by atoms with Crippen LogP contribution < -0.4 is 11.1 Å². The molecule has 2 amide bonds. The summed E-state index contributed by atoms with van der Waals surface area (Å²) in [4.78, 5) is 26.6. The van der Waals surface area contributed by atoms with Gasteiger partial charge in [-0.2, -0.15) is 5.10 Å². The van der Waals surface area contributed by atoms with Crippen molar-refractivity contribution in [2.75, 3.05) is 6.54 Å². The number of hydrogen-bond acceptors (Lipinski definition) is 4. The van der Waals surface area contributed by atoms with Crippen LogP contribution in [0.5, 0.6) is 0 Å². The van der Waals surface area contributed by atoms with Gasteiger partial charge in [-0.15, -0.1) is 0 Å². The molecular formula is C16H27N5O2. The van der Waals surface area contributed by atoms with Gasteiger partial charge >= 0.3 is 0 Å². The Balaban J connectivity index is 2.12. The second-order valence-corrected chi connectivity index (χ2v) is 6.67. The monoisotopic (exact) mass is 321 g/mol. The summed E-state index contributed by atoms with van der Waals surface area (Å²) in [5.41, 5.74) is 8.96. The lowest BCUT2D eigenvalue weighted by molar-refractivity contribution is -0.139. The van der Waals surface area contributed by atoms with Gasteiger partial charge in [0, 0.05) is 24.3 Å². The number of rotatable bonds is 4. The molecule has 0 saturated carbocycles. The number of carbonyl (C=O) groups is 2. The maximum absolute atomic E-state index is 12.7. The number of amides is 2. The van der Waals surface area contributed by atoms with Crippen molar-refractivity contribution in [2.45, 2.75) is 65.7 Å². The fourth-order valence-corrected chi connectivity index (χ4v) is 2.93. The Bertz CT molecular complexity index is 608. The van der Waals surface area contributed by atoms with Crippen molar-refractivity contribution >= 4 is 11.8 Å². The molecule has 1 aliphatic rings. The lowest BCUT2D eigenvalue weighted by Crippen LogP contribution is -2.48. The zero-order valence-electron chi connectivity index (χ0n) is 14.6. The Morgan fingerprint density at radius 2 is 2.00 bits per heavy atom. The van der Waals surface area contributed by atoms with E-state index < -0.39 is 6.04 Å². The predicted octanol–water partition coefficient (Wildman–Crippen LogP) is 0.261. The van der Waals surface area contributed by atoms with Gasteiger partial charge in [0.1, 0.15) is 12.6 Å². The van der Waals surface area contributed by atoms with Crippen molar-refractivity contribution in [1.29, 1.82) is 0 Å². The van der Waals surface area contributed by atoms with E-state index in [2.05, 4.69) is 10.4 Å². The Hall–Kier alpha value is -1.89. The van der Waals surface area contributed by atoms with Crippen molar-refractivity contribution in [3.63, 3.8) is 0 Å². The van der Waals surface area contributed by atoms with E-state index >= 15 is 0 Å². The standard InChI is InChI=1S/C16H27N5O2/c1-9(2)18-16(23)14-6-13(17)7-20(14)15(22)8-21-12(5)10(3)11(4)19-21/h9,13-14H,6-8,17H2,1-5H3,(H,18,23)/t13-,14+/m1/s1. The van der Waals surface area contributed by atoms with Gasteiger partial charge in [-0.3, -0.25) is 14.3 Å². The first-order valence-electron chi connectivity index (χ1n) is 8.06. The molecule has 0 radical (unpaired) electrons. The molecule has 0 aromatic carbocycles. The Kier molecular flexibility index (Phi) is 5.09. The quantitative estimate of drug-likeness (QED) is 0.832. The molecule has 7 nitrogen and oxygen atoms in total. The van der Waals surface area contributed by atoms with Crippen LogP contribution in [-0.4, -0.2) is 51.2 Å². The first kappa shape index (κ1) is 17.5. The molecule has 1 aliphatic heterocycles. The third-order valence-corrected chi connectivity index (χ3v) is 4.42. The number of nitrogens with two attached hydrogens (primary N) is 1. The summed E-state index contributed by atoms with van der Waals surface area (Å²) in [6.07, 6.45) is 0.500. The molecule has 2 rings (SSSR count). The van der Waals surface area contributed by atoms with Crippen molar-refractivity contribution in [1.82, 2.24) is 20.0 Å². The van der Waals surface area contributed by atoms with Crippen LogP contribution in [0.2, 0.25) is 0 Å². The number of hydrogen-bond donors (Lipinski definition) is 2. The van der Waals surface area contributed by atoms with Crippen LogP contribution in [0.1, 0.15) is 37.2 Å². The maximum atomic E-state index is 12.7. The third-order valence-electron chi connectivity index (χ3n) is 4.42. The second-order valence-electron chi connectivity index (χ2n) is 6.67. The molecular weight excluding hydrogens is 294 g/mol. The Morgan fingerprint density at radius 1 is 1.35 bits per heavy atom. The van der Waals surface area contributed by atoms with E-state index in [4.69, 9.17) is 5.73 Å². The van der Waals surface area contributed by atoms with Crippen LogP contribution in [-0.2, 0) is 16.1 Å². The van der Waals surface area contributed by atoms with Crippen LogP contribution in [0.3, 0.4) is 0 Å².